The van der Waals surface area contributed by atoms with Crippen molar-refractivity contribution < 1.29 is 0 Å². The zero-order valence-electron chi connectivity index (χ0n) is 23.9. The summed E-state index contributed by atoms with van der Waals surface area (Å²) in [6, 6.07) is 57.0. The van der Waals surface area contributed by atoms with Crippen LogP contribution in [0, 0.1) is 0 Å². The molecular weight excluding hydrogens is 534 g/mol. The van der Waals surface area contributed by atoms with E-state index in [0.717, 1.165) is 38.6 Å². The van der Waals surface area contributed by atoms with Gasteiger partial charge in [-0.25, -0.2) is 15.0 Å². The van der Waals surface area contributed by atoms with Crippen LogP contribution in [-0.4, -0.2) is 15.0 Å². The molecule has 0 aliphatic heterocycles. The summed E-state index contributed by atoms with van der Waals surface area (Å²) in [6.45, 7) is 0. The standard InChI is InChI=1S/C41H27N3/c1-3-12-28(13-4-1)32-18-9-19-34(27-32)40-42-39(30-15-5-2-6-16-30)43-41(44-40)38-23-11-21-36-35(20-10-22-37(36)38)33-25-24-29-14-7-8-17-31(29)26-33/h1-27H. The van der Waals surface area contributed by atoms with Gasteiger partial charge in [0.2, 0.25) is 0 Å². The van der Waals surface area contributed by atoms with Gasteiger partial charge in [-0.2, -0.15) is 0 Å². The first-order valence-electron chi connectivity index (χ1n) is 14.8. The van der Waals surface area contributed by atoms with Crippen LogP contribution in [0.5, 0.6) is 0 Å². The molecule has 3 nitrogen and oxygen atoms in total. The summed E-state index contributed by atoms with van der Waals surface area (Å²) >= 11 is 0. The van der Waals surface area contributed by atoms with Crippen LogP contribution < -0.4 is 0 Å². The largest absolute Gasteiger partial charge is 0.208 e. The predicted molar refractivity (Wildman–Crippen MR) is 182 cm³/mol. The number of aromatic nitrogens is 3. The molecule has 206 valence electrons. The van der Waals surface area contributed by atoms with Crippen molar-refractivity contribution in [1.29, 1.82) is 0 Å². The Morgan fingerprint density at radius 1 is 0.273 bits per heavy atom. The van der Waals surface area contributed by atoms with Gasteiger partial charge in [0.25, 0.3) is 0 Å². The molecular formula is C41H27N3. The highest BCUT2D eigenvalue weighted by Gasteiger charge is 2.16. The van der Waals surface area contributed by atoms with Gasteiger partial charge in [-0.05, 0) is 55.9 Å². The SMILES string of the molecule is c1ccc(-c2cccc(-c3nc(-c4ccccc4)nc(-c4cccc5c(-c6ccc7ccccc7c6)cccc45)n3)c2)cc1. The van der Waals surface area contributed by atoms with Gasteiger partial charge in [0, 0.05) is 16.7 Å². The quantitative estimate of drug-likeness (QED) is 0.210. The van der Waals surface area contributed by atoms with Crippen LogP contribution in [0.1, 0.15) is 0 Å². The molecule has 0 saturated heterocycles. The van der Waals surface area contributed by atoms with Gasteiger partial charge in [0.1, 0.15) is 0 Å². The maximum Gasteiger partial charge on any atom is 0.164 e. The maximum atomic E-state index is 5.11. The number of nitrogens with zero attached hydrogens (tertiary/aromatic N) is 3. The normalized spacial score (nSPS) is 11.2. The van der Waals surface area contributed by atoms with E-state index >= 15 is 0 Å². The Kier molecular flexibility index (Phi) is 6.47. The molecule has 1 aromatic heterocycles. The molecule has 0 saturated carbocycles. The van der Waals surface area contributed by atoms with Crippen molar-refractivity contribution in [3.8, 4) is 56.4 Å². The lowest BCUT2D eigenvalue weighted by Crippen LogP contribution is -2.00. The van der Waals surface area contributed by atoms with Crippen LogP contribution >= 0.6 is 0 Å². The van der Waals surface area contributed by atoms with Crippen LogP contribution in [0.2, 0.25) is 0 Å². The molecule has 0 radical (unpaired) electrons. The lowest BCUT2D eigenvalue weighted by Gasteiger charge is -2.13. The van der Waals surface area contributed by atoms with Crippen LogP contribution in [0.3, 0.4) is 0 Å². The first-order valence-corrected chi connectivity index (χ1v) is 14.8. The van der Waals surface area contributed by atoms with E-state index in [-0.39, 0.29) is 0 Å². The van der Waals surface area contributed by atoms with E-state index in [4.69, 9.17) is 15.0 Å². The molecule has 0 N–H and O–H groups in total. The topological polar surface area (TPSA) is 38.7 Å². The molecule has 0 spiro atoms. The second-order valence-corrected chi connectivity index (χ2v) is 10.9. The van der Waals surface area contributed by atoms with Gasteiger partial charge in [-0.3, -0.25) is 0 Å². The Labute approximate surface area is 256 Å². The smallest absolute Gasteiger partial charge is 0.164 e. The molecule has 0 aliphatic carbocycles. The molecule has 3 heteroatoms. The van der Waals surface area contributed by atoms with Crippen molar-refractivity contribution in [2.24, 2.45) is 0 Å². The lowest BCUT2D eigenvalue weighted by atomic mass is 9.94. The summed E-state index contributed by atoms with van der Waals surface area (Å²) in [5.41, 5.74) is 7.52. The van der Waals surface area contributed by atoms with Gasteiger partial charge in [0.15, 0.2) is 17.5 Å². The third-order valence-electron chi connectivity index (χ3n) is 8.12. The van der Waals surface area contributed by atoms with E-state index in [0.29, 0.717) is 17.5 Å². The Hall–Kier alpha value is -5.93. The molecule has 0 unspecified atom stereocenters. The van der Waals surface area contributed by atoms with Crippen LogP contribution in [-0.2, 0) is 0 Å². The second kappa shape index (κ2) is 11.0. The van der Waals surface area contributed by atoms with Crippen LogP contribution in [0.15, 0.2) is 164 Å². The fourth-order valence-corrected chi connectivity index (χ4v) is 5.92. The Balaban J connectivity index is 1.31. The minimum atomic E-state index is 0.648. The van der Waals surface area contributed by atoms with Gasteiger partial charge < -0.3 is 0 Å². The fourth-order valence-electron chi connectivity index (χ4n) is 5.92. The van der Waals surface area contributed by atoms with Gasteiger partial charge >= 0.3 is 0 Å². The molecule has 0 aliphatic rings. The highest BCUT2D eigenvalue weighted by molar-refractivity contribution is 6.04. The summed E-state index contributed by atoms with van der Waals surface area (Å²) in [5, 5.41) is 4.73. The second-order valence-electron chi connectivity index (χ2n) is 10.9. The summed E-state index contributed by atoms with van der Waals surface area (Å²) in [7, 11) is 0. The Morgan fingerprint density at radius 2 is 0.818 bits per heavy atom. The third kappa shape index (κ3) is 4.81. The van der Waals surface area contributed by atoms with Crippen molar-refractivity contribution >= 4 is 21.5 Å². The highest BCUT2D eigenvalue weighted by atomic mass is 15.0. The average Bonchev–Trinajstić information content (AvgIpc) is 3.11. The van der Waals surface area contributed by atoms with Gasteiger partial charge in [-0.1, -0.05) is 152 Å². The van der Waals surface area contributed by atoms with Crippen molar-refractivity contribution in [3.05, 3.63) is 164 Å². The minimum absolute atomic E-state index is 0.648. The highest BCUT2D eigenvalue weighted by Crippen LogP contribution is 2.36. The summed E-state index contributed by atoms with van der Waals surface area (Å²) in [5.74, 6) is 1.95. The lowest BCUT2D eigenvalue weighted by molar-refractivity contribution is 1.08. The Bertz CT molecular complexity index is 2270. The minimum Gasteiger partial charge on any atom is -0.208 e. The van der Waals surface area contributed by atoms with Crippen LogP contribution in [0.25, 0.3) is 78.0 Å². The van der Waals surface area contributed by atoms with Gasteiger partial charge in [0.05, 0.1) is 0 Å². The van der Waals surface area contributed by atoms with Crippen molar-refractivity contribution in [2.45, 2.75) is 0 Å². The van der Waals surface area contributed by atoms with Gasteiger partial charge in [-0.15, -0.1) is 0 Å². The monoisotopic (exact) mass is 561 g/mol. The van der Waals surface area contributed by atoms with E-state index in [1.165, 1.54) is 21.9 Å². The van der Waals surface area contributed by atoms with Crippen molar-refractivity contribution in [2.75, 3.05) is 0 Å². The molecule has 0 fully saturated rings. The fraction of sp³-hybridized carbons (Fsp3) is 0. The van der Waals surface area contributed by atoms with E-state index in [2.05, 4.69) is 127 Å². The summed E-state index contributed by atoms with van der Waals surface area (Å²) < 4.78 is 0. The maximum absolute atomic E-state index is 5.11. The number of hydrogen-bond donors (Lipinski definition) is 0. The summed E-state index contributed by atoms with van der Waals surface area (Å²) in [6.07, 6.45) is 0. The average molecular weight is 562 g/mol. The number of fused-ring (bicyclic) bond motifs is 2. The molecule has 0 amide bonds. The first kappa shape index (κ1) is 25.8. The van der Waals surface area contributed by atoms with E-state index in [9.17, 15) is 0 Å². The number of benzene rings is 7. The molecule has 8 aromatic rings. The molecule has 0 bridgehead atoms. The summed E-state index contributed by atoms with van der Waals surface area (Å²) in [4.78, 5) is 15.1. The molecule has 0 atom stereocenters. The molecule has 44 heavy (non-hydrogen) atoms. The van der Waals surface area contributed by atoms with E-state index in [1.807, 2.05) is 36.4 Å². The van der Waals surface area contributed by atoms with E-state index < -0.39 is 0 Å². The Morgan fingerprint density at radius 3 is 1.59 bits per heavy atom. The predicted octanol–water partition coefficient (Wildman–Crippen LogP) is 10.5. The first-order chi connectivity index (χ1) is 21.8. The molecule has 1 heterocycles. The van der Waals surface area contributed by atoms with Crippen molar-refractivity contribution in [3.63, 3.8) is 0 Å². The number of rotatable bonds is 5. The molecule has 7 aromatic carbocycles. The van der Waals surface area contributed by atoms with E-state index in [1.54, 1.807) is 0 Å². The third-order valence-corrected chi connectivity index (χ3v) is 8.12. The van der Waals surface area contributed by atoms with Crippen LogP contribution in [0.4, 0.5) is 0 Å². The number of hydrogen-bond acceptors (Lipinski definition) is 3. The zero-order chi connectivity index (χ0) is 29.3. The van der Waals surface area contributed by atoms with Crippen molar-refractivity contribution in [1.82, 2.24) is 15.0 Å². The zero-order valence-corrected chi connectivity index (χ0v) is 23.9. The molecule has 8 rings (SSSR count).